The number of aryl methyl sites for hydroxylation is 2. The van der Waals surface area contributed by atoms with Crippen molar-refractivity contribution in [2.24, 2.45) is 7.05 Å². The molecule has 2 heterocycles. The monoisotopic (exact) mass is 295 g/mol. The van der Waals surface area contributed by atoms with E-state index in [9.17, 15) is 0 Å². The Morgan fingerprint density at radius 1 is 1.41 bits per heavy atom. The summed E-state index contributed by atoms with van der Waals surface area (Å²) in [6.45, 7) is 2.06. The van der Waals surface area contributed by atoms with Gasteiger partial charge in [-0.2, -0.15) is 5.10 Å². The van der Waals surface area contributed by atoms with Gasteiger partial charge in [0.1, 0.15) is 11.5 Å². The molecule has 1 N–H and O–H groups in total. The van der Waals surface area contributed by atoms with Gasteiger partial charge in [-0.25, -0.2) is 9.97 Å². The van der Waals surface area contributed by atoms with Crippen LogP contribution < -0.4 is 5.32 Å². The predicted octanol–water partition coefficient (Wildman–Crippen LogP) is 2.24. The van der Waals surface area contributed by atoms with Crippen LogP contribution in [0.5, 0.6) is 0 Å². The first-order valence-corrected chi connectivity index (χ1v) is 6.19. The summed E-state index contributed by atoms with van der Waals surface area (Å²) in [5, 5.41) is 7.36. The highest BCUT2D eigenvalue weighted by atomic mass is 79.9. The van der Waals surface area contributed by atoms with E-state index >= 15 is 0 Å². The molecule has 0 spiro atoms. The van der Waals surface area contributed by atoms with Crippen LogP contribution in [0.2, 0.25) is 0 Å². The lowest BCUT2D eigenvalue weighted by Gasteiger charge is -2.08. The first-order chi connectivity index (χ1) is 8.15. The van der Waals surface area contributed by atoms with Crippen LogP contribution in [0.4, 0.5) is 5.82 Å². The maximum absolute atomic E-state index is 4.51. The second kappa shape index (κ2) is 4.83. The second-order valence-corrected chi connectivity index (χ2v) is 4.43. The number of halogens is 1. The van der Waals surface area contributed by atoms with Gasteiger partial charge in [0.15, 0.2) is 5.82 Å². The Kier molecular flexibility index (Phi) is 3.42. The molecule has 0 amide bonds. The van der Waals surface area contributed by atoms with Gasteiger partial charge < -0.3 is 5.32 Å². The van der Waals surface area contributed by atoms with Crippen molar-refractivity contribution >= 4 is 21.7 Å². The Balaban J connectivity index is 2.55. The van der Waals surface area contributed by atoms with Crippen molar-refractivity contribution in [3.63, 3.8) is 0 Å². The van der Waals surface area contributed by atoms with Gasteiger partial charge in [0.2, 0.25) is 0 Å². The molecule has 0 bridgehead atoms. The van der Waals surface area contributed by atoms with Crippen molar-refractivity contribution in [1.29, 1.82) is 0 Å². The molecular formula is C11H14BrN5. The SMILES string of the molecule is CCc1nc(-c2ccn(C)n2)nc(NC)c1Br. The lowest BCUT2D eigenvalue weighted by molar-refractivity contribution is 0.768. The molecule has 2 aromatic rings. The summed E-state index contributed by atoms with van der Waals surface area (Å²) in [4.78, 5) is 8.95. The minimum atomic E-state index is 0.648. The van der Waals surface area contributed by atoms with Crippen molar-refractivity contribution < 1.29 is 0 Å². The largest absolute Gasteiger partial charge is 0.372 e. The zero-order valence-electron chi connectivity index (χ0n) is 10.0. The number of aromatic nitrogens is 4. The molecule has 0 atom stereocenters. The third-order valence-corrected chi connectivity index (χ3v) is 3.27. The van der Waals surface area contributed by atoms with E-state index in [1.54, 1.807) is 4.68 Å². The van der Waals surface area contributed by atoms with E-state index in [0.29, 0.717) is 5.82 Å². The van der Waals surface area contributed by atoms with Crippen LogP contribution in [0.15, 0.2) is 16.7 Å². The molecule has 17 heavy (non-hydrogen) atoms. The van der Waals surface area contributed by atoms with Crippen LogP contribution >= 0.6 is 15.9 Å². The Labute approximate surface area is 108 Å². The van der Waals surface area contributed by atoms with Crippen LogP contribution in [0.25, 0.3) is 11.5 Å². The van der Waals surface area contributed by atoms with Gasteiger partial charge in [-0.05, 0) is 28.4 Å². The Hall–Kier alpha value is -1.43. The van der Waals surface area contributed by atoms with Gasteiger partial charge in [0, 0.05) is 20.3 Å². The van der Waals surface area contributed by atoms with Gasteiger partial charge in [0.05, 0.1) is 10.2 Å². The normalized spacial score (nSPS) is 10.6. The van der Waals surface area contributed by atoms with Crippen molar-refractivity contribution in [1.82, 2.24) is 19.7 Å². The van der Waals surface area contributed by atoms with Gasteiger partial charge in [0.25, 0.3) is 0 Å². The average molecular weight is 296 g/mol. The third-order valence-electron chi connectivity index (χ3n) is 2.43. The molecule has 0 aromatic carbocycles. The molecule has 0 fully saturated rings. The lowest BCUT2D eigenvalue weighted by Crippen LogP contribution is -2.03. The fourth-order valence-electron chi connectivity index (χ4n) is 1.54. The van der Waals surface area contributed by atoms with Gasteiger partial charge in [-0.3, -0.25) is 4.68 Å². The topological polar surface area (TPSA) is 55.6 Å². The van der Waals surface area contributed by atoms with E-state index in [0.717, 1.165) is 28.1 Å². The Morgan fingerprint density at radius 3 is 2.71 bits per heavy atom. The molecule has 0 radical (unpaired) electrons. The first kappa shape index (κ1) is 12.0. The van der Waals surface area contributed by atoms with Crippen LogP contribution in [0, 0.1) is 0 Å². The smallest absolute Gasteiger partial charge is 0.182 e. The highest BCUT2D eigenvalue weighted by Crippen LogP contribution is 2.26. The summed E-state index contributed by atoms with van der Waals surface area (Å²) in [7, 11) is 3.72. The Bertz CT molecular complexity index is 509. The highest BCUT2D eigenvalue weighted by Gasteiger charge is 2.12. The molecule has 0 aliphatic rings. The van der Waals surface area contributed by atoms with E-state index in [4.69, 9.17) is 0 Å². The van der Waals surface area contributed by atoms with Crippen LogP contribution in [0.3, 0.4) is 0 Å². The van der Waals surface area contributed by atoms with Crippen molar-refractivity contribution in [3.8, 4) is 11.5 Å². The van der Waals surface area contributed by atoms with Crippen LogP contribution in [-0.2, 0) is 13.5 Å². The maximum atomic E-state index is 4.51. The third kappa shape index (κ3) is 2.31. The minimum absolute atomic E-state index is 0.648. The zero-order chi connectivity index (χ0) is 12.4. The van der Waals surface area contributed by atoms with E-state index in [2.05, 4.69) is 43.2 Å². The number of rotatable bonds is 3. The summed E-state index contributed by atoms with van der Waals surface area (Å²) in [6, 6.07) is 1.90. The predicted molar refractivity (Wildman–Crippen MR) is 70.9 cm³/mol. The van der Waals surface area contributed by atoms with Gasteiger partial charge in [-0.1, -0.05) is 6.92 Å². The maximum Gasteiger partial charge on any atom is 0.182 e. The van der Waals surface area contributed by atoms with Crippen molar-refractivity contribution in [2.45, 2.75) is 13.3 Å². The standard InChI is InChI=1S/C11H14BrN5/c1-4-7-9(12)11(13-2)15-10(14-7)8-5-6-17(3)16-8/h5-6H,4H2,1-3H3,(H,13,14,15). The van der Waals surface area contributed by atoms with Crippen LogP contribution in [0.1, 0.15) is 12.6 Å². The molecule has 2 rings (SSSR count). The molecule has 0 aliphatic carbocycles. The number of anilines is 1. The summed E-state index contributed by atoms with van der Waals surface area (Å²) in [5.41, 5.74) is 1.76. The van der Waals surface area contributed by atoms with E-state index in [1.807, 2.05) is 26.4 Å². The first-order valence-electron chi connectivity index (χ1n) is 5.40. The summed E-state index contributed by atoms with van der Waals surface area (Å²) in [5.74, 6) is 1.44. The number of hydrogen-bond donors (Lipinski definition) is 1. The fraction of sp³-hybridized carbons (Fsp3) is 0.364. The second-order valence-electron chi connectivity index (χ2n) is 3.63. The fourth-order valence-corrected chi connectivity index (χ4v) is 2.20. The molecule has 0 saturated heterocycles. The molecular weight excluding hydrogens is 282 g/mol. The van der Waals surface area contributed by atoms with Crippen molar-refractivity contribution in [3.05, 3.63) is 22.4 Å². The number of nitrogens with zero attached hydrogens (tertiary/aromatic N) is 4. The van der Waals surface area contributed by atoms with E-state index < -0.39 is 0 Å². The van der Waals surface area contributed by atoms with Gasteiger partial charge >= 0.3 is 0 Å². The zero-order valence-corrected chi connectivity index (χ0v) is 11.6. The summed E-state index contributed by atoms with van der Waals surface area (Å²) >= 11 is 3.50. The van der Waals surface area contributed by atoms with Gasteiger partial charge in [-0.15, -0.1) is 0 Å². The summed E-state index contributed by atoms with van der Waals surface area (Å²) in [6.07, 6.45) is 2.73. The molecule has 2 aromatic heterocycles. The molecule has 90 valence electrons. The average Bonchev–Trinajstić information content (AvgIpc) is 2.76. The number of nitrogens with one attached hydrogen (secondary N) is 1. The highest BCUT2D eigenvalue weighted by molar-refractivity contribution is 9.10. The summed E-state index contributed by atoms with van der Waals surface area (Å²) < 4.78 is 2.66. The van der Waals surface area contributed by atoms with E-state index in [1.165, 1.54) is 0 Å². The van der Waals surface area contributed by atoms with E-state index in [-0.39, 0.29) is 0 Å². The lowest BCUT2D eigenvalue weighted by atomic mass is 10.3. The Morgan fingerprint density at radius 2 is 2.18 bits per heavy atom. The molecule has 5 nitrogen and oxygen atoms in total. The molecule has 0 saturated carbocycles. The minimum Gasteiger partial charge on any atom is -0.372 e. The number of hydrogen-bond acceptors (Lipinski definition) is 4. The molecule has 0 aliphatic heterocycles. The van der Waals surface area contributed by atoms with Crippen LogP contribution in [-0.4, -0.2) is 26.8 Å². The quantitative estimate of drug-likeness (QED) is 0.944. The van der Waals surface area contributed by atoms with Crippen molar-refractivity contribution in [2.75, 3.05) is 12.4 Å². The molecule has 6 heteroatoms. The molecule has 0 unspecified atom stereocenters.